The lowest BCUT2D eigenvalue weighted by Crippen LogP contribution is -2.44. The molecule has 0 aromatic rings. The molecule has 0 aliphatic rings. The van der Waals surface area contributed by atoms with Crippen LogP contribution in [0.4, 0.5) is 0 Å². The van der Waals surface area contributed by atoms with Crippen LogP contribution in [0.3, 0.4) is 0 Å². The van der Waals surface area contributed by atoms with Gasteiger partial charge in [0, 0.05) is 13.0 Å². The number of aliphatic carboxylic acids is 2. The summed E-state index contributed by atoms with van der Waals surface area (Å²) in [4.78, 5) is 34.3. The summed E-state index contributed by atoms with van der Waals surface area (Å²) in [5.74, 6) is -2.46. The molecule has 0 bridgehead atoms. The van der Waals surface area contributed by atoms with Crippen LogP contribution in [0.1, 0.15) is 46.0 Å². The van der Waals surface area contributed by atoms with E-state index in [0.717, 1.165) is 17.7 Å². The van der Waals surface area contributed by atoms with Gasteiger partial charge in [0.2, 0.25) is 5.91 Å². The lowest BCUT2D eigenvalue weighted by atomic mass is 10.1. The average molecular weight is 259 g/mol. The number of carboxylic acids is 2. The number of carbonyl (C=O) groups excluding carboxylic acids is 1. The molecule has 0 aliphatic heterocycles. The molecule has 2 N–H and O–H groups in total. The molecule has 0 unspecified atom stereocenters. The first kappa shape index (κ1) is 16.4. The highest BCUT2D eigenvalue weighted by Gasteiger charge is 2.25. The number of nitrogens with zero attached hydrogens (tertiary/aromatic N) is 1. The molecule has 0 saturated heterocycles. The quantitative estimate of drug-likeness (QED) is 0.609. The van der Waals surface area contributed by atoms with Gasteiger partial charge >= 0.3 is 11.9 Å². The SMILES string of the molecule is CCCCCC(=O)N(CCC(=O)O)[C@@H](C)C(=O)O. The Morgan fingerprint density at radius 2 is 1.72 bits per heavy atom. The zero-order valence-electron chi connectivity index (χ0n) is 10.9. The maximum absolute atomic E-state index is 11.8. The maximum Gasteiger partial charge on any atom is 0.326 e. The van der Waals surface area contributed by atoms with Crippen molar-refractivity contribution in [1.29, 1.82) is 0 Å². The summed E-state index contributed by atoms with van der Waals surface area (Å²) in [5, 5.41) is 17.5. The maximum atomic E-state index is 11.8. The molecule has 0 aromatic carbocycles. The van der Waals surface area contributed by atoms with E-state index < -0.39 is 18.0 Å². The van der Waals surface area contributed by atoms with Gasteiger partial charge in [-0.05, 0) is 13.3 Å². The fraction of sp³-hybridized carbons (Fsp3) is 0.750. The second-order valence-electron chi connectivity index (χ2n) is 4.20. The fourth-order valence-electron chi connectivity index (χ4n) is 1.55. The Labute approximate surface area is 107 Å². The first-order chi connectivity index (χ1) is 8.40. The van der Waals surface area contributed by atoms with Gasteiger partial charge in [-0.2, -0.15) is 0 Å². The Morgan fingerprint density at radius 1 is 1.11 bits per heavy atom. The van der Waals surface area contributed by atoms with Crippen LogP contribution in [0.5, 0.6) is 0 Å². The van der Waals surface area contributed by atoms with Crippen molar-refractivity contribution in [3.63, 3.8) is 0 Å². The molecule has 0 heterocycles. The van der Waals surface area contributed by atoms with Gasteiger partial charge in [0.25, 0.3) is 0 Å². The number of unbranched alkanes of at least 4 members (excludes halogenated alkanes) is 2. The Bertz CT molecular complexity index is 303. The highest BCUT2D eigenvalue weighted by molar-refractivity contribution is 5.83. The molecule has 104 valence electrons. The Morgan fingerprint density at radius 3 is 2.17 bits per heavy atom. The van der Waals surface area contributed by atoms with Crippen molar-refractivity contribution in [3.05, 3.63) is 0 Å². The summed E-state index contributed by atoms with van der Waals surface area (Å²) in [5.41, 5.74) is 0. The Hall–Kier alpha value is -1.59. The minimum atomic E-state index is -1.12. The van der Waals surface area contributed by atoms with Gasteiger partial charge in [0.15, 0.2) is 0 Å². The molecule has 0 radical (unpaired) electrons. The van der Waals surface area contributed by atoms with Crippen LogP contribution in [0.2, 0.25) is 0 Å². The molecule has 0 saturated carbocycles. The van der Waals surface area contributed by atoms with E-state index in [-0.39, 0.29) is 25.3 Å². The molecule has 1 atom stereocenters. The van der Waals surface area contributed by atoms with Crippen LogP contribution < -0.4 is 0 Å². The standard InChI is InChI=1S/C12H21NO5/c1-3-4-5-6-10(14)13(8-7-11(15)16)9(2)12(17)18/h9H,3-8H2,1-2H3,(H,15,16)(H,17,18)/t9-/m0/s1. The zero-order chi connectivity index (χ0) is 14.1. The van der Waals surface area contributed by atoms with Crippen LogP contribution in [0.15, 0.2) is 0 Å². The number of carboxylic acid groups (broad SMARTS) is 2. The van der Waals surface area contributed by atoms with Gasteiger partial charge in [-0.15, -0.1) is 0 Å². The third kappa shape index (κ3) is 6.22. The van der Waals surface area contributed by atoms with Crippen LogP contribution in [0.25, 0.3) is 0 Å². The second kappa shape index (κ2) is 8.49. The molecule has 0 fully saturated rings. The summed E-state index contributed by atoms with van der Waals surface area (Å²) < 4.78 is 0. The molecule has 1 amide bonds. The predicted octanol–water partition coefficient (Wildman–Crippen LogP) is 1.34. The van der Waals surface area contributed by atoms with Crippen molar-refractivity contribution in [2.75, 3.05) is 6.54 Å². The minimum absolute atomic E-state index is 0.0617. The van der Waals surface area contributed by atoms with Crippen molar-refractivity contribution in [2.45, 2.75) is 52.0 Å². The first-order valence-electron chi connectivity index (χ1n) is 6.14. The Balaban J connectivity index is 4.48. The molecule has 0 aromatic heterocycles. The van der Waals surface area contributed by atoms with E-state index in [2.05, 4.69) is 0 Å². The second-order valence-corrected chi connectivity index (χ2v) is 4.20. The third-order valence-corrected chi connectivity index (χ3v) is 2.71. The number of rotatable bonds is 9. The average Bonchev–Trinajstić information content (AvgIpc) is 2.28. The smallest absolute Gasteiger partial charge is 0.326 e. The fourth-order valence-corrected chi connectivity index (χ4v) is 1.55. The summed E-state index contributed by atoms with van der Waals surface area (Å²) in [6.45, 7) is 3.34. The molecule has 18 heavy (non-hydrogen) atoms. The van der Waals surface area contributed by atoms with Crippen molar-refractivity contribution >= 4 is 17.8 Å². The van der Waals surface area contributed by atoms with Crippen LogP contribution >= 0.6 is 0 Å². The Kier molecular flexibility index (Phi) is 7.74. The van der Waals surface area contributed by atoms with E-state index >= 15 is 0 Å². The number of amides is 1. The van der Waals surface area contributed by atoms with Gasteiger partial charge in [0.1, 0.15) is 6.04 Å². The van der Waals surface area contributed by atoms with E-state index in [0.29, 0.717) is 6.42 Å². The van der Waals surface area contributed by atoms with E-state index in [1.807, 2.05) is 6.92 Å². The van der Waals surface area contributed by atoms with Gasteiger partial charge in [0.05, 0.1) is 6.42 Å². The molecule has 0 rings (SSSR count). The summed E-state index contributed by atoms with van der Waals surface area (Å²) in [7, 11) is 0. The molecular formula is C12H21NO5. The number of hydrogen-bond donors (Lipinski definition) is 2. The highest BCUT2D eigenvalue weighted by atomic mass is 16.4. The van der Waals surface area contributed by atoms with E-state index in [4.69, 9.17) is 10.2 Å². The van der Waals surface area contributed by atoms with E-state index in [9.17, 15) is 14.4 Å². The van der Waals surface area contributed by atoms with Gasteiger partial charge in [-0.3, -0.25) is 9.59 Å². The first-order valence-corrected chi connectivity index (χ1v) is 6.14. The van der Waals surface area contributed by atoms with Crippen LogP contribution in [-0.4, -0.2) is 45.5 Å². The van der Waals surface area contributed by atoms with E-state index in [1.165, 1.54) is 6.92 Å². The van der Waals surface area contributed by atoms with Crippen LogP contribution in [0, 0.1) is 0 Å². The monoisotopic (exact) mass is 259 g/mol. The summed E-state index contributed by atoms with van der Waals surface area (Å²) >= 11 is 0. The van der Waals surface area contributed by atoms with Crippen molar-refractivity contribution in [3.8, 4) is 0 Å². The number of carbonyl (C=O) groups is 3. The zero-order valence-corrected chi connectivity index (χ0v) is 10.9. The lowest BCUT2D eigenvalue weighted by molar-refractivity contribution is -0.150. The van der Waals surface area contributed by atoms with Crippen molar-refractivity contribution in [2.24, 2.45) is 0 Å². The third-order valence-electron chi connectivity index (χ3n) is 2.71. The lowest BCUT2D eigenvalue weighted by Gasteiger charge is -2.26. The summed E-state index contributed by atoms with van der Waals surface area (Å²) in [6.07, 6.45) is 2.60. The van der Waals surface area contributed by atoms with Crippen molar-refractivity contribution in [1.82, 2.24) is 4.90 Å². The normalized spacial score (nSPS) is 11.9. The van der Waals surface area contributed by atoms with Gasteiger partial charge in [-0.1, -0.05) is 19.8 Å². The molecule has 6 nitrogen and oxygen atoms in total. The largest absolute Gasteiger partial charge is 0.481 e. The van der Waals surface area contributed by atoms with Crippen LogP contribution in [-0.2, 0) is 14.4 Å². The minimum Gasteiger partial charge on any atom is -0.481 e. The molecule has 0 spiro atoms. The molecule has 0 aliphatic carbocycles. The number of hydrogen-bond acceptors (Lipinski definition) is 3. The molecule has 6 heteroatoms. The van der Waals surface area contributed by atoms with Crippen molar-refractivity contribution < 1.29 is 24.6 Å². The summed E-state index contributed by atoms with van der Waals surface area (Å²) in [6, 6.07) is -0.988. The van der Waals surface area contributed by atoms with Gasteiger partial charge < -0.3 is 15.1 Å². The topological polar surface area (TPSA) is 94.9 Å². The molecular weight excluding hydrogens is 238 g/mol. The predicted molar refractivity (Wildman–Crippen MR) is 65.2 cm³/mol. The van der Waals surface area contributed by atoms with E-state index in [1.54, 1.807) is 0 Å². The van der Waals surface area contributed by atoms with Gasteiger partial charge in [-0.25, -0.2) is 4.79 Å². The highest BCUT2D eigenvalue weighted by Crippen LogP contribution is 2.08.